The van der Waals surface area contributed by atoms with Crippen LogP contribution in [0.25, 0.3) is 0 Å². The molecule has 2 aromatic rings. The molecule has 0 amide bonds. The minimum atomic E-state index is 0.0536. The fourth-order valence-corrected chi connectivity index (χ4v) is 3.12. The molecule has 0 radical (unpaired) electrons. The van der Waals surface area contributed by atoms with E-state index in [0.717, 1.165) is 50.1 Å². The SMILES string of the molecule is CN=C(NCC(C)Oc1ccc(C)cc1)N1CCN(Cc2ccon2)CC1. The van der Waals surface area contributed by atoms with Gasteiger partial charge in [-0.25, -0.2) is 0 Å². The number of piperazine rings is 1. The molecule has 7 nitrogen and oxygen atoms in total. The summed E-state index contributed by atoms with van der Waals surface area (Å²) in [7, 11) is 1.83. The Kier molecular flexibility index (Phi) is 6.70. The van der Waals surface area contributed by atoms with E-state index in [1.165, 1.54) is 5.56 Å². The second kappa shape index (κ2) is 9.41. The van der Waals surface area contributed by atoms with Crippen molar-refractivity contribution in [3.8, 4) is 5.75 Å². The Balaban J connectivity index is 1.42. The van der Waals surface area contributed by atoms with Gasteiger partial charge in [0, 0.05) is 45.8 Å². The van der Waals surface area contributed by atoms with Crippen molar-refractivity contribution in [2.45, 2.75) is 26.5 Å². The van der Waals surface area contributed by atoms with Gasteiger partial charge in [-0.15, -0.1) is 0 Å². The van der Waals surface area contributed by atoms with Gasteiger partial charge in [0.15, 0.2) is 5.96 Å². The van der Waals surface area contributed by atoms with Crippen LogP contribution in [0.1, 0.15) is 18.2 Å². The first-order valence-corrected chi connectivity index (χ1v) is 9.44. The highest BCUT2D eigenvalue weighted by Crippen LogP contribution is 2.13. The molecule has 1 fully saturated rings. The van der Waals surface area contributed by atoms with Crippen molar-refractivity contribution >= 4 is 5.96 Å². The van der Waals surface area contributed by atoms with Crippen molar-refractivity contribution in [1.29, 1.82) is 0 Å². The zero-order chi connectivity index (χ0) is 19.1. The third-order valence-corrected chi connectivity index (χ3v) is 4.67. The van der Waals surface area contributed by atoms with E-state index in [4.69, 9.17) is 9.26 Å². The van der Waals surface area contributed by atoms with Crippen molar-refractivity contribution in [3.05, 3.63) is 47.9 Å². The molecule has 146 valence electrons. The van der Waals surface area contributed by atoms with Gasteiger partial charge >= 0.3 is 0 Å². The lowest BCUT2D eigenvalue weighted by molar-refractivity contribution is 0.167. The zero-order valence-electron chi connectivity index (χ0n) is 16.4. The Hall–Kier alpha value is -2.54. The summed E-state index contributed by atoms with van der Waals surface area (Å²) in [6.45, 7) is 9.50. The van der Waals surface area contributed by atoms with Crippen LogP contribution < -0.4 is 10.1 Å². The van der Waals surface area contributed by atoms with Crippen LogP contribution in [0.2, 0.25) is 0 Å². The molecule has 2 heterocycles. The number of nitrogens with zero attached hydrogens (tertiary/aromatic N) is 4. The maximum atomic E-state index is 5.97. The number of ether oxygens (including phenoxy) is 1. The summed E-state index contributed by atoms with van der Waals surface area (Å²) in [5, 5.41) is 7.42. The third-order valence-electron chi connectivity index (χ3n) is 4.67. The van der Waals surface area contributed by atoms with Gasteiger partial charge < -0.3 is 19.5 Å². The first-order valence-electron chi connectivity index (χ1n) is 9.44. The van der Waals surface area contributed by atoms with Crippen LogP contribution in [0, 0.1) is 6.92 Å². The number of guanidine groups is 1. The average Bonchev–Trinajstić information content (AvgIpc) is 3.18. The summed E-state index contributed by atoms with van der Waals surface area (Å²) >= 11 is 0. The van der Waals surface area contributed by atoms with Crippen LogP contribution in [0.4, 0.5) is 0 Å². The largest absolute Gasteiger partial charge is 0.489 e. The molecular weight excluding hydrogens is 342 g/mol. The van der Waals surface area contributed by atoms with Crippen LogP contribution in [0.5, 0.6) is 5.75 Å². The molecule has 0 spiro atoms. The first-order chi connectivity index (χ1) is 13.1. The van der Waals surface area contributed by atoms with E-state index in [9.17, 15) is 0 Å². The first kappa shape index (κ1) is 19.2. The molecule has 1 atom stereocenters. The van der Waals surface area contributed by atoms with Crippen molar-refractivity contribution in [1.82, 2.24) is 20.3 Å². The van der Waals surface area contributed by atoms with Crippen LogP contribution in [0.15, 0.2) is 46.1 Å². The number of hydrogen-bond acceptors (Lipinski definition) is 5. The summed E-state index contributed by atoms with van der Waals surface area (Å²) in [5.41, 5.74) is 2.21. The average molecular weight is 371 g/mol. The standard InChI is InChI=1S/C20H29N5O2/c1-16-4-6-19(7-5-16)27-17(2)14-22-20(21-3)25-11-9-24(10-12-25)15-18-8-13-26-23-18/h4-8,13,17H,9-12,14-15H2,1-3H3,(H,21,22). The van der Waals surface area contributed by atoms with Gasteiger partial charge in [-0.05, 0) is 26.0 Å². The van der Waals surface area contributed by atoms with Gasteiger partial charge in [-0.2, -0.15) is 0 Å². The number of nitrogens with one attached hydrogen (secondary N) is 1. The topological polar surface area (TPSA) is 66.1 Å². The molecule has 1 aliphatic rings. The van der Waals surface area contributed by atoms with E-state index in [2.05, 4.69) is 51.2 Å². The lowest BCUT2D eigenvalue weighted by Crippen LogP contribution is -2.53. The van der Waals surface area contributed by atoms with E-state index in [1.807, 2.05) is 25.2 Å². The highest BCUT2D eigenvalue weighted by molar-refractivity contribution is 5.80. The summed E-state index contributed by atoms with van der Waals surface area (Å²) in [4.78, 5) is 9.10. The summed E-state index contributed by atoms with van der Waals surface area (Å²) < 4.78 is 10.9. The van der Waals surface area contributed by atoms with E-state index in [0.29, 0.717) is 6.54 Å². The molecule has 1 aromatic carbocycles. The summed E-state index contributed by atoms with van der Waals surface area (Å²) in [6, 6.07) is 10.1. The fraction of sp³-hybridized carbons (Fsp3) is 0.500. The molecule has 1 aromatic heterocycles. The Morgan fingerprint density at radius 3 is 2.59 bits per heavy atom. The minimum Gasteiger partial charge on any atom is -0.489 e. The second-order valence-electron chi connectivity index (χ2n) is 6.92. The van der Waals surface area contributed by atoms with Crippen molar-refractivity contribution in [2.75, 3.05) is 39.8 Å². The highest BCUT2D eigenvalue weighted by Gasteiger charge is 2.20. The van der Waals surface area contributed by atoms with Gasteiger partial charge in [0.05, 0.1) is 12.2 Å². The maximum Gasteiger partial charge on any atom is 0.193 e. The summed E-state index contributed by atoms with van der Waals surface area (Å²) in [6.07, 6.45) is 1.68. The second-order valence-corrected chi connectivity index (χ2v) is 6.92. The van der Waals surface area contributed by atoms with Crippen molar-refractivity contribution in [3.63, 3.8) is 0 Å². The van der Waals surface area contributed by atoms with Crippen LogP contribution in [-0.2, 0) is 6.54 Å². The molecule has 0 bridgehead atoms. The van der Waals surface area contributed by atoms with Crippen LogP contribution in [0.3, 0.4) is 0 Å². The van der Waals surface area contributed by atoms with E-state index < -0.39 is 0 Å². The molecular formula is C20H29N5O2. The fourth-order valence-electron chi connectivity index (χ4n) is 3.12. The monoisotopic (exact) mass is 371 g/mol. The number of aliphatic imine (C=N–C) groups is 1. The van der Waals surface area contributed by atoms with Crippen molar-refractivity contribution < 1.29 is 9.26 Å². The normalized spacial score (nSPS) is 17.0. The Bertz CT molecular complexity index is 706. The molecule has 1 unspecified atom stereocenters. The molecule has 27 heavy (non-hydrogen) atoms. The predicted molar refractivity (Wildman–Crippen MR) is 106 cm³/mol. The van der Waals surface area contributed by atoms with E-state index in [-0.39, 0.29) is 6.10 Å². The Labute approximate surface area is 161 Å². The van der Waals surface area contributed by atoms with Gasteiger partial charge in [-0.1, -0.05) is 22.9 Å². The number of aryl methyl sites for hydroxylation is 1. The Morgan fingerprint density at radius 1 is 1.22 bits per heavy atom. The van der Waals surface area contributed by atoms with Gasteiger partial charge in [0.25, 0.3) is 0 Å². The van der Waals surface area contributed by atoms with Crippen molar-refractivity contribution in [2.24, 2.45) is 4.99 Å². The zero-order valence-corrected chi connectivity index (χ0v) is 16.4. The number of rotatable bonds is 6. The maximum absolute atomic E-state index is 5.97. The molecule has 1 saturated heterocycles. The molecule has 1 N–H and O–H groups in total. The lowest BCUT2D eigenvalue weighted by Gasteiger charge is -2.36. The number of aromatic nitrogens is 1. The third kappa shape index (κ3) is 5.72. The predicted octanol–water partition coefficient (Wildman–Crippen LogP) is 2.14. The van der Waals surface area contributed by atoms with Gasteiger partial charge in [0.1, 0.15) is 18.1 Å². The molecule has 3 rings (SSSR count). The number of benzene rings is 1. The molecule has 0 aliphatic carbocycles. The molecule has 7 heteroatoms. The molecule has 1 aliphatic heterocycles. The minimum absolute atomic E-state index is 0.0536. The van der Waals surface area contributed by atoms with Crippen LogP contribution in [-0.4, -0.2) is 66.8 Å². The highest BCUT2D eigenvalue weighted by atomic mass is 16.5. The molecule has 0 saturated carbocycles. The quantitative estimate of drug-likeness (QED) is 0.620. The van der Waals surface area contributed by atoms with E-state index in [1.54, 1.807) is 6.26 Å². The smallest absolute Gasteiger partial charge is 0.193 e. The lowest BCUT2D eigenvalue weighted by atomic mass is 10.2. The van der Waals surface area contributed by atoms with Gasteiger partial charge in [-0.3, -0.25) is 9.89 Å². The number of hydrogen-bond donors (Lipinski definition) is 1. The summed E-state index contributed by atoms with van der Waals surface area (Å²) in [5.74, 6) is 1.82. The van der Waals surface area contributed by atoms with E-state index >= 15 is 0 Å². The van der Waals surface area contributed by atoms with Crippen LogP contribution >= 0.6 is 0 Å². The van der Waals surface area contributed by atoms with Gasteiger partial charge in [0.2, 0.25) is 0 Å². The Morgan fingerprint density at radius 2 is 1.96 bits per heavy atom.